The molecule has 128 valence electrons. The summed E-state index contributed by atoms with van der Waals surface area (Å²) in [5.74, 6) is -0.770. The van der Waals surface area contributed by atoms with Crippen LogP contribution in [0, 0.1) is 0 Å². The van der Waals surface area contributed by atoms with Crippen molar-refractivity contribution in [2.45, 2.75) is 25.8 Å². The first kappa shape index (κ1) is 16.8. The Morgan fingerprint density at radius 3 is 2.36 bits per heavy atom. The number of carbonyl (C=O) groups excluding carboxylic acids is 3. The lowest BCUT2D eigenvalue weighted by Crippen LogP contribution is -2.31. The van der Waals surface area contributed by atoms with Crippen molar-refractivity contribution in [1.82, 2.24) is 9.47 Å². The molecular formula is C19H19N3O3. The third-order valence-electron chi connectivity index (χ3n) is 4.06. The zero-order valence-corrected chi connectivity index (χ0v) is 13.8. The van der Waals surface area contributed by atoms with E-state index in [1.807, 2.05) is 53.2 Å². The number of amides is 3. The minimum Gasteiger partial charge on any atom is -0.329 e. The first-order chi connectivity index (χ1) is 12.1. The molecule has 0 aliphatic carbocycles. The van der Waals surface area contributed by atoms with Gasteiger partial charge >= 0.3 is 0 Å². The molecule has 1 fully saturated rings. The largest absolute Gasteiger partial charge is 0.329 e. The van der Waals surface area contributed by atoms with Gasteiger partial charge in [0.1, 0.15) is 5.49 Å². The number of rotatable bonds is 5. The van der Waals surface area contributed by atoms with Crippen molar-refractivity contribution in [3.63, 3.8) is 0 Å². The van der Waals surface area contributed by atoms with Crippen LogP contribution in [0.1, 0.15) is 24.8 Å². The number of likely N-dealkylation sites (tertiary alicyclic amines) is 1. The summed E-state index contributed by atoms with van der Waals surface area (Å²) in [5.41, 5.74) is 1.66. The molecule has 0 radical (unpaired) electrons. The van der Waals surface area contributed by atoms with Gasteiger partial charge in [0.2, 0.25) is 17.7 Å². The lowest BCUT2D eigenvalue weighted by molar-refractivity contribution is -0.138. The summed E-state index contributed by atoms with van der Waals surface area (Å²) < 4.78 is 1.89. The normalized spacial score (nSPS) is 15.0. The SMILES string of the molecule is O=C(CCN1C(=O)CCC1=O)N=c1ccccn1Cc1ccccc1. The van der Waals surface area contributed by atoms with Crippen molar-refractivity contribution in [3.05, 3.63) is 65.8 Å². The van der Waals surface area contributed by atoms with Crippen LogP contribution >= 0.6 is 0 Å². The Hall–Kier alpha value is -3.02. The quantitative estimate of drug-likeness (QED) is 0.776. The van der Waals surface area contributed by atoms with Crippen LogP contribution in [0.2, 0.25) is 0 Å². The molecule has 6 nitrogen and oxygen atoms in total. The first-order valence-electron chi connectivity index (χ1n) is 8.23. The van der Waals surface area contributed by atoms with E-state index in [4.69, 9.17) is 0 Å². The first-order valence-corrected chi connectivity index (χ1v) is 8.23. The van der Waals surface area contributed by atoms with Gasteiger partial charge in [0, 0.05) is 38.5 Å². The molecule has 0 spiro atoms. The van der Waals surface area contributed by atoms with E-state index in [0.29, 0.717) is 12.0 Å². The molecule has 3 amide bonds. The summed E-state index contributed by atoms with van der Waals surface area (Å²) in [7, 11) is 0. The van der Waals surface area contributed by atoms with Gasteiger partial charge in [-0.05, 0) is 17.7 Å². The van der Waals surface area contributed by atoms with E-state index in [1.165, 1.54) is 0 Å². The van der Waals surface area contributed by atoms with E-state index in [-0.39, 0.29) is 43.5 Å². The lowest BCUT2D eigenvalue weighted by Gasteiger charge is -2.11. The molecule has 1 aromatic heterocycles. The van der Waals surface area contributed by atoms with E-state index in [0.717, 1.165) is 10.5 Å². The summed E-state index contributed by atoms with van der Waals surface area (Å²) in [5, 5.41) is 0. The molecule has 0 saturated carbocycles. The Morgan fingerprint density at radius 1 is 0.960 bits per heavy atom. The van der Waals surface area contributed by atoms with Crippen LogP contribution in [0.25, 0.3) is 0 Å². The van der Waals surface area contributed by atoms with Gasteiger partial charge in [0.05, 0.1) is 0 Å². The topological polar surface area (TPSA) is 71.7 Å². The maximum absolute atomic E-state index is 12.2. The standard InChI is InChI=1S/C19H19N3O3/c23-17(11-13-22-18(24)9-10-19(22)25)20-16-8-4-5-12-21(16)14-15-6-2-1-3-7-15/h1-8,12H,9-11,13-14H2. The van der Waals surface area contributed by atoms with Gasteiger partial charge in [-0.3, -0.25) is 19.3 Å². The van der Waals surface area contributed by atoms with E-state index >= 15 is 0 Å². The highest BCUT2D eigenvalue weighted by atomic mass is 16.2. The Balaban J connectivity index is 1.71. The maximum Gasteiger partial charge on any atom is 0.249 e. The van der Waals surface area contributed by atoms with Gasteiger partial charge in [-0.1, -0.05) is 36.4 Å². The van der Waals surface area contributed by atoms with Crippen LogP contribution in [0.5, 0.6) is 0 Å². The maximum atomic E-state index is 12.2. The number of hydrogen-bond donors (Lipinski definition) is 0. The molecule has 1 aromatic carbocycles. The van der Waals surface area contributed by atoms with Gasteiger partial charge in [0.25, 0.3) is 0 Å². The van der Waals surface area contributed by atoms with Crippen molar-refractivity contribution in [2.24, 2.45) is 4.99 Å². The van der Waals surface area contributed by atoms with Crippen LogP contribution in [0.3, 0.4) is 0 Å². The number of imide groups is 1. The summed E-state index contributed by atoms with van der Waals surface area (Å²) in [6.07, 6.45) is 2.38. The number of hydrogen-bond acceptors (Lipinski definition) is 3. The molecule has 1 aliphatic rings. The van der Waals surface area contributed by atoms with E-state index in [2.05, 4.69) is 4.99 Å². The fraction of sp³-hybridized carbons (Fsp3) is 0.263. The average Bonchev–Trinajstić information content (AvgIpc) is 2.94. The number of pyridine rings is 1. The Kier molecular flexibility index (Phi) is 5.18. The van der Waals surface area contributed by atoms with Crippen molar-refractivity contribution >= 4 is 17.7 Å². The fourth-order valence-electron chi connectivity index (χ4n) is 2.75. The molecule has 2 heterocycles. The highest BCUT2D eigenvalue weighted by Crippen LogP contribution is 2.11. The van der Waals surface area contributed by atoms with Gasteiger partial charge in [0.15, 0.2) is 0 Å². The van der Waals surface area contributed by atoms with Crippen LogP contribution < -0.4 is 5.49 Å². The minimum atomic E-state index is -0.347. The molecule has 3 rings (SSSR count). The van der Waals surface area contributed by atoms with Gasteiger partial charge in [-0.25, -0.2) is 0 Å². The fourth-order valence-corrected chi connectivity index (χ4v) is 2.75. The molecule has 1 aliphatic heterocycles. The summed E-state index contributed by atoms with van der Waals surface area (Å²) in [6, 6.07) is 15.4. The van der Waals surface area contributed by atoms with Gasteiger partial charge in [-0.2, -0.15) is 4.99 Å². The van der Waals surface area contributed by atoms with Crippen LogP contribution in [0.15, 0.2) is 59.7 Å². The molecule has 0 N–H and O–H groups in total. The molecule has 0 unspecified atom stereocenters. The Morgan fingerprint density at radius 2 is 1.64 bits per heavy atom. The Bertz CT molecular complexity index is 839. The molecular weight excluding hydrogens is 318 g/mol. The zero-order chi connectivity index (χ0) is 17.6. The predicted octanol–water partition coefficient (Wildman–Crippen LogP) is 1.50. The monoisotopic (exact) mass is 337 g/mol. The minimum absolute atomic E-state index is 0.0394. The van der Waals surface area contributed by atoms with Crippen LogP contribution in [0.4, 0.5) is 0 Å². The van der Waals surface area contributed by atoms with Crippen LogP contribution in [-0.2, 0) is 20.9 Å². The summed E-state index contributed by atoms with van der Waals surface area (Å²) in [6.45, 7) is 0.711. The van der Waals surface area contributed by atoms with Gasteiger partial charge in [-0.15, -0.1) is 0 Å². The summed E-state index contributed by atoms with van der Waals surface area (Å²) >= 11 is 0. The second-order valence-electron chi connectivity index (χ2n) is 5.87. The van der Waals surface area contributed by atoms with E-state index in [1.54, 1.807) is 6.07 Å². The molecule has 25 heavy (non-hydrogen) atoms. The molecule has 1 saturated heterocycles. The number of nitrogens with zero attached hydrogens (tertiary/aromatic N) is 3. The molecule has 0 bridgehead atoms. The van der Waals surface area contributed by atoms with E-state index < -0.39 is 0 Å². The highest BCUT2D eigenvalue weighted by molar-refractivity contribution is 6.02. The second-order valence-corrected chi connectivity index (χ2v) is 5.87. The van der Waals surface area contributed by atoms with Crippen molar-refractivity contribution in [3.8, 4) is 0 Å². The summed E-state index contributed by atoms with van der Waals surface area (Å²) in [4.78, 5) is 40.6. The number of benzene rings is 1. The predicted molar refractivity (Wildman–Crippen MR) is 91.1 cm³/mol. The average molecular weight is 337 g/mol. The molecule has 6 heteroatoms. The van der Waals surface area contributed by atoms with Crippen molar-refractivity contribution in [1.29, 1.82) is 0 Å². The smallest absolute Gasteiger partial charge is 0.249 e. The molecule has 0 atom stereocenters. The third kappa shape index (κ3) is 4.29. The van der Waals surface area contributed by atoms with Gasteiger partial charge < -0.3 is 4.57 Å². The zero-order valence-electron chi connectivity index (χ0n) is 13.8. The highest BCUT2D eigenvalue weighted by Gasteiger charge is 2.28. The number of aromatic nitrogens is 1. The molecule has 2 aromatic rings. The third-order valence-corrected chi connectivity index (χ3v) is 4.06. The van der Waals surface area contributed by atoms with Crippen LogP contribution in [-0.4, -0.2) is 33.7 Å². The Labute approximate surface area is 145 Å². The lowest BCUT2D eigenvalue weighted by atomic mass is 10.2. The second kappa shape index (κ2) is 7.70. The van der Waals surface area contributed by atoms with Crippen molar-refractivity contribution < 1.29 is 14.4 Å². The van der Waals surface area contributed by atoms with E-state index in [9.17, 15) is 14.4 Å². The van der Waals surface area contributed by atoms with Crippen molar-refractivity contribution in [2.75, 3.05) is 6.54 Å². The number of carbonyl (C=O) groups is 3.